The van der Waals surface area contributed by atoms with E-state index in [-0.39, 0.29) is 40.0 Å². The van der Waals surface area contributed by atoms with E-state index in [9.17, 15) is 19.8 Å². The number of likely N-dealkylation sites (N-methyl/N-ethyl adjacent to an activating group) is 1. The SMILES string of the molecule is COC(CNCCCCCCNc1ccc(NCCN(C)C)c2c1C(=O)c1c(O)ccc(O)c1C2=O)OC. The van der Waals surface area contributed by atoms with Gasteiger partial charge in [0.05, 0.1) is 22.3 Å². The first-order valence-corrected chi connectivity index (χ1v) is 13.0. The quantitative estimate of drug-likeness (QED) is 0.107. The van der Waals surface area contributed by atoms with Gasteiger partial charge in [0, 0.05) is 51.8 Å². The van der Waals surface area contributed by atoms with Crippen molar-refractivity contribution in [1.29, 1.82) is 0 Å². The third kappa shape index (κ3) is 7.02. The van der Waals surface area contributed by atoms with Crippen LogP contribution in [0.25, 0.3) is 0 Å². The number of benzene rings is 2. The number of hydrogen-bond acceptors (Lipinski definition) is 10. The van der Waals surface area contributed by atoms with E-state index in [0.29, 0.717) is 31.0 Å². The highest BCUT2D eigenvalue weighted by atomic mass is 16.7. The van der Waals surface area contributed by atoms with E-state index in [4.69, 9.17) is 9.47 Å². The number of ether oxygens (including phenoxy) is 2. The highest BCUT2D eigenvalue weighted by Crippen LogP contribution is 2.42. The Hall–Kier alpha value is -3.18. The Bertz CT molecular complexity index is 1120. The van der Waals surface area contributed by atoms with Crippen molar-refractivity contribution in [2.24, 2.45) is 0 Å². The molecule has 2 aromatic carbocycles. The summed E-state index contributed by atoms with van der Waals surface area (Å²) < 4.78 is 10.3. The van der Waals surface area contributed by atoms with Crippen LogP contribution in [0.15, 0.2) is 24.3 Å². The topological polar surface area (TPSA) is 132 Å². The summed E-state index contributed by atoms with van der Waals surface area (Å²) in [5, 5.41) is 30.7. The Morgan fingerprint density at radius 3 is 1.74 bits per heavy atom. The predicted octanol–water partition coefficient (Wildman–Crippen LogP) is 3.03. The maximum atomic E-state index is 13.6. The van der Waals surface area contributed by atoms with Gasteiger partial charge in [-0.25, -0.2) is 0 Å². The number of ketones is 2. The minimum Gasteiger partial charge on any atom is -0.507 e. The van der Waals surface area contributed by atoms with Gasteiger partial charge in [-0.3, -0.25) is 9.59 Å². The molecular weight excluding hydrogens is 488 g/mol. The Morgan fingerprint density at radius 1 is 0.737 bits per heavy atom. The van der Waals surface area contributed by atoms with Crippen LogP contribution in [0.3, 0.4) is 0 Å². The van der Waals surface area contributed by atoms with Gasteiger partial charge in [-0.15, -0.1) is 0 Å². The summed E-state index contributed by atoms with van der Waals surface area (Å²) in [4.78, 5) is 29.1. The summed E-state index contributed by atoms with van der Waals surface area (Å²) in [5.74, 6) is -1.63. The average Bonchev–Trinajstić information content (AvgIpc) is 2.89. The van der Waals surface area contributed by atoms with E-state index in [1.165, 1.54) is 12.1 Å². The Morgan fingerprint density at radius 2 is 1.24 bits per heavy atom. The molecule has 0 aromatic heterocycles. The molecule has 3 rings (SSSR count). The summed E-state index contributed by atoms with van der Waals surface area (Å²) >= 11 is 0. The molecule has 1 aliphatic rings. The highest BCUT2D eigenvalue weighted by Gasteiger charge is 2.37. The smallest absolute Gasteiger partial charge is 0.200 e. The van der Waals surface area contributed by atoms with Crippen molar-refractivity contribution in [2.45, 2.75) is 32.0 Å². The highest BCUT2D eigenvalue weighted by molar-refractivity contribution is 6.33. The second-order valence-corrected chi connectivity index (χ2v) is 9.60. The maximum absolute atomic E-state index is 13.6. The molecule has 0 saturated carbocycles. The van der Waals surface area contributed by atoms with Gasteiger partial charge in [0.2, 0.25) is 11.6 Å². The normalized spacial score (nSPS) is 12.7. The van der Waals surface area contributed by atoms with Crippen LogP contribution in [0.1, 0.15) is 57.5 Å². The van der Waals surface area contributed by atoms with Crippen LogP contribution in [0.4, 0.5) is 11.4 Å². The molecule has 2 aromatic rings. The van der Waals surface area contributed by atoms with E-state index in [1.807, 2.05) is 19.0 Å². The van der Waals surface area contributed by atoms with Crippen molar-refractivity contribution in [1.82, 2.24) is 10.2 Å². The number of unbranched alkanes of at least 4 members (excludes halogenated alkanes) is 3. The monoisotopic (exact) mass is 528 g/mol. The third-order valence-corrected chi connectivity index (χ3v) is 6.58. The van der Waals surface area contributed by atoms with Gasteiger partial charge in [-0.1, -0.05) is 12.8 Å². The van der Waals surface area contributed by atoms with Crippen molar-refractivity contribution in [2.75, 3.05) is 71.7 Å². The lowest BCUT2D eigenvalue weighted by Gasteiger charge is -2.25. The van der Waals surface area contributed by atoms with E-state index < -0.39 is 11.6 Å². The first kappa shape index (κ1) is 29.4. The van der Waals surface area contributed by atoms with Crippen LogP contribution in [0, 0.1) is 0 Å². The van der Waals surface area contributed by atoms with Gasteiger partial charge < -0.3 is 40.5 Å². The number of rotatable bonds is 16. The Balaban J connectivity index is 1.68. The number of carbonyl (C=O) groups is 2. The standard InChI is InChI=1S/C28H40N4O6/c1-32(2)16-15-31-19-10-9-18(30-14-8-6-5-7-13-29-17-22(37-3)38-4)23-24(19)28(36)26-21(34)12-11-20(33)25(26)27(23)35/h9-12,22,29-31,33-34H,5-8,13-17H2,1-4H3. The van der Waals surface area contributed by atoms with Crippen LogP contribution < -0.4 is 16.0 Å². The molecule has 38 heavy (non-hydrogen) atoms. The van der Waals surface area contributed by atoms with Crippen molar-refractivity contribution < 1.29 is 29.3 Å². The van der Waals surface area contributed by atoms with Gasteiger partial charge in [0.1, 0.15) is 11.5 Å². The van der Waals surface area contributed by atoms with Gasteiger partial charge >= 0.3 is 0 Å². The fraction of sp³-hybridized carbons (Fsp3) is 0.500. The van der Waals surface area contributed by atoms with Crippen LogP contribution >= 0.6 is 0 Å². The van der Waals surface area contributed by atoms with E-state index in [2.05, 4.69) is 16.0 Å². The molecule has 0 unspecified atom stereocenters. The van der Waals surface area contributed by atoms with Gasteiger partial charge in [-0.2, -0.15) is 0 Å². The van der Waals surface area contributed by atoms with Gasteiger partial charge in [0.15, 0.2) is 6.29 Å². The maximum Gasteiger partial charge on any atom is 0.200 e. The number of carbonyl (C=O) groups excluding carboxylic acids is 2. The Kier molecular flexibility index (Phi) is 10.9. The molecule has 0 aliphatic heterocycles. The Labute approximate surface area is 224 Å². The molecule has 0 bridgehead atoms. The summed E-state index contributed by atoms with van der Waals surface area (Å²) in [6.07, 6.45) is 3.72. The molecule has 10 nitrogen and oxygen atoms in total. The number of hydrogen-bond donors (Lipinski definition) is 5. The number of fused-ring (bicyclic) bond motifs is 2. The van der Waals surface area contributed by atoms with Crippen molar-refractivity contribution in [3.05, 3.63) is 46.5 Å². The lowest BCUT2D eigenvalue weighted by Crippen LogP contribution is -2.30. The van der Waals surface area contributed by atoms with Crippen molar-refractivity contribution >= 4 is 22.9 Å². The molecule has 0 spiro atoms. The molecule has 10 heteroatoms. The van der Waals surface area contributed by atoms with Crippen molar-refractivity contribution in [3.8, 4) is 11.5 Å². The molecule has 208 valence electrons. The second-order valence-electron chi connectivity index (χ2n) is 9.60. The molecular formula is C28H40N4O6. The number of nitrogens with one attached hydrogen (secondary N) is 3. The molecule has 0 saturated heterocycles. The molecule has 5 N–H and O–H groups in total. The van der Waals surface area contributed by atoms with E-state index in [0.717, 1.165) is 38.8 Å². The third-order valence-electron chi connectivity index (χ3n) is 6.58. The minimum atomic E-state index is -0.490. The zero-order chi connectivity index (χ0) is 27.7. The van der Waals surface area contributed by atoms with Crippen LogP contribution in [0.5, 0.6) is 11.5 Å². The zero-order valence-electron chi connectivity index (χ0n) is 22.7. The summed E-state index contributed by atoms with van der Waals surface area (Å²) in [6.45, 7) is 3.44. The molecule has 0 amide bonds. The lowest BCUT2D eigenvalue weighted by atomic mass is 9.81. The number of phenols is 2. The number of nitrogens with zero attached hydrogens (tertiary/aromatic N) is 1. The summed E-state index contributed by atoms with van der Waals surface area (Å²) in [7, 11) is 7.13. The lowest BCUT2D eigenvalue weighted by molar-refractivity contribution is -0.0986. The first-order chi connectivity index (χ1) is 18.3. The molecule has 0 heterocycles. The fourth-order valence-corrected chi connectivity index (χ4v) is 4.51. The van der Waals surface area contributed by atoms with Crippen LogP contribution in [0.2, 0.25) is 0 Å². The largest absolute Gasteiger partial charge is 0.507 e. The van der Waals surface area contributed by atoms with E-state index in [1.54, 1.807) is 26.4 Å². The second kappa shape index (κ2) is 14.1. The zero-order valence-corrected chi connectivity index (χ0v) is 22.7. The number of phenolic OH excluding ortho intramolecular Hbond substituents is 2. The number of methoxy groups -OCH3 is 2. The fourth-order valence-electron chi connectivity index (χ4n) is 4.51. The minimum absolute atomic E-state index is 0.160. The van der Waals surface area contributed by atoms with Crippen molar-refractivity contribution in [3.63, 3.8) is 0 Å². The number of anilines is 2. The van der Waals surface area contributed by atoms with E-state index >= 15 is 0 Å². The summed E-state index contributed by atoms with van der Waals surface area (Å²) in [6, 6.07) is 6.04. The molecule has 0 radical (unpaired) electrons. The molecule has 0 atom stereocenters. The molecule has 0 fully saturated rings. The molecule has 1 aliphatic carbocycles. The first-order valence-electron chi connectivity index (χ1n) is 13.0. The number of aromatic hydroxyl groups is 2. The van der Waals surface area contributed by atoms with Crippen LogP contribution in [-0.4, -0.2) is 94.0 Å². The predicted molar refractivity (Wildman–Crippen MR) is 148 cm³/mol. The van der Waals surface area contributed by atoms with Gasteiger partial charge in [-0.05, 0) is 57.7 Å². The van der Waals surface area contributed by atoms with Crippen LogP contribution in [-0.2, 0) is 9.47 Å². The summed E-state index contributed by atoms with van der Waals surface area (Å²) in [5.41, 5.74) is 1.17. The van der Waals surface area contributed by atoms with Gasteiger partial charge in [0.25, 0.3) is 0 Å². The average molecular weight is 529 g/mol.